The van der Waals surface area contributed by atoms with Crippen LogP contribution in [0.1, 0.15) is 71.6 Å². The Balaban J connectivity index is 1.75. The van der Waals surface area contributed by atoms with Gasteiger partial charge in [-0.1, -0.05) is 52.4 Å². The van der Waals surface area contributed by atoms with Crippen LogP contribution in [0.25, 0.3) is 0 Å². The molecule has 0 radical (unpaired) electrons. The summed E-state index contributed by atoms with van der Waals surface area (Å²) in [4.78, 5) is 0. The molecule has 0 amide bonds. The molecule has 1 rings (SSSR count). The number of hydrogen-bond donors (Lipinski definition) is 1. The van der Waals surface area contributed by atoms with E-state index in [0.29, 0.717) is 0 Å². The minimum atomic E-state index is 0.889. The van der Waals surface area contributed by atoms with Gasteiger partial charge in [-0.25, -0.2) is 0 Å². The average molecular weight is 211 g/mol. The van der Waals surface area contributed by atoms with Gasteiger partial charge in [0.05, 0.1) is 0 Å². The third kappa shape index (κ3) is 6.19. The van der Waals surface area contributed by atoms with Crippen molar-refractivity contribution in [2.75, 3.05) is 6.54 Å². The summed E-state index contributed by atoms with van der Waals surface area (Å²) in [6, 6.07) is 0.889. The van der Waals surface area contributed by atoms with Crippen LogP contribution in [-0.2, 0) is 0 Å². The zero-order valence-electron chi connectivity index (χ0n) is 10.7. The molecule has 1 heteroatoms. The van der Waals surface area contributed by atoms with Gasteiger partial charge < -0.3 is 5.32 Å². The van der Waals surface area contributed by atoms with Gasteiger partial charge in [0, 0.05) is 6.04 Å². The van der Waals surface area contributed by atoms with Crippen LogP contribution in [0.5, 0.6) is 0 Å². The molecule has 0 aliphatic heterocycles. The number of unbranched alkanes of at least 4 members (excludes halogenated alkanes) is 5. The van der Waals surface area contributed by atoms with Crippen LogP contribution < -0.4 is 5.32 Å². The molecule has 0 bridgehead atoms. The summed E-state index contributed by atoms with van der Waals surface area (Å²) in [5.41, 5.74) is 0. The quantitative estimate of drug-likeness (QED) is 0.536. The third-order valence-corrected chi connectivity index (χ3v) is 3.52. The zero-order chi connectivity index (χ0) is 10.9. The van der Waals surface area contributed by atoms with Crippen LogP contribution in [-0.4, -0.2) is 12.6 Å². The molecule has 0 saturated heterocycles. The lowest BCUT2D eigenvalue weighted by atomic mass is 10.1. The molecule has 1 nitrogen and oxygen atoms in total. The van der Waals surface area contributed by atoms with Gasteiger partial charge in [0.1, 0.15) is 0 Å². The molecule has 1 fully saturated rings. The second-order valence-electron chi connectivity index (χ2n) is 5.11. The van der Waals surface area contributed by atoms with Gasteiger partial charge >= 0.3 is 0 Å². The average Bonchev–Trinajstić information content (AvgIpc) is 2.96. The minimum absolute atomic E-state index is 0.889. The summed E-state index contributed by atoms with van der Waals surface area (Å²) >= 11 is 0. The van der Waals surface area contributed by atoms with Crippen molar-refractivity contribution in [3.63, 3.8) is 0 Å². The van der Waals surface area contributed by atoms with Crippen molar-refractivity contribution in [1.29, 1.82) is 0 Å². The molecule has 1 aliphatic rings. The van der Waals surface area contributed by atoms with Crippen molar-refractivity contribution in [1.82, 2.24) is 5.32 Å². The Hall–Kier alpha value is -0.0400. The summed E-state index contributed by atoms with van der Waals surface area (Å²) in [6.45, 7) is 5.84. The maximum atomic E-state index is 3.68. The van der Waals surface area contributed by atoms with E-state index >= 15 is 0 Å². The Kier molecular flexibility index (Phi) is 7.08. The van der Waals surface area contributed by atoms with E-state index in [1.165, 1.54) is 64.3 Å². The Morgan fingerprint density at radius 1 is 0.933 bits per heavy atom. The highest BCUT2D eigenvalue weighted by molar-refractivity contribution is 4.92. The van der Waals surface area contributed by atoms with Gasteiger partial charge in [-0.15, -0.1) is 0 Å². The molecule has 1 saturated carbocycles. The van der Waals surface area contributed by atoms with Crippen molar-refractivity contribution in [3.05, 3.63) is 0 Å². The summed E-state index contributed by atoms with van der Waals surface area (Å²) in [7, 11) is 0. The Labute approximate surface area is 96.0 Å². The van der Waals surface area contributed by atoms with Crippen LogP contribution in [0.4, 0.5) is 0 Å². The van der Waals surface area contributed by atoms with Gasteiger partial charge in [-0.05, 0) is 31.7 Å². The van der Waals surface area contributed by atoms with Crippen LogP contribution in [0.15, 0.2) is 0 Å². The van der Waals surface area contributed by atoms with Crippen molar-refractivity contribution < 1.29 is 0 Å². The fourth-order valence-electron chi connectivity index (χ4n) is 2.38. The smallest absolute Gasteiger partial charge is 0.00991 e. The molecule has 1 aliphatic carbocycles. The van der Waals surface area contributed by atoms with Crippen molar-refractivity contribution in [2.45, 2.75) is 77.7 Å². The maximum absolute atomic E-state index is 3.68. The largest absolute Gasteiger partial charge is 0.314 e. The van der Waals surface area contributed by atoms with Crippen molar-refractivity contribution in [3.8, 4) is 0 Å². The van der Waals surface area contributed by atoms with Crippen molar-refractivity contribution >= 4 is 0 Å². The first-order chi connectivity index (χ1) is 7.38. The Morgan fingerprint density at radius 2 is 1.67 bits per heavy atom. The van der Waals surface area contributed by atoms with Gasteiger partial charge in [0.15, 0.2) is 0 Å². The molecule has 0 aromatic carbocycles. The molecule has 90 valence electrons. The molecule has 0 heterocycles. The minimum Gasteiger partial charge on any atom is -0.314 e. The maximum Gasteiger partial charge on any atom is 0.00991 e. The normalized spacial score (nSPS) is 24.4. The number of rotatable bonds is 10. The highest BCUT2D eigenvalue weighted by Crippen LogP contribution is 2.34. The lowest BCUT2D eigenvalue weighted by Crippen LogP contribution is -2.19. The summed E-state index contributed by atoms with van der Waals surface area (Å²) in [5, 5.41) is 3.68. The highest BCUT2D eigenvalue weighted by Gasteiger charge is 2.34. The van der Waals surface area contributed by atoms with Crippen LogP contribution in [0.2, 0.25) is 0 Å². The standard InChI is InChI=1S/C14H29N/c1-3-5-6-7-8-9-11-15-14-12-13(14)10-4-2/h13-15H,3-12H2,1-2H3. The fourth-order valence-corrected chi connectivity index (χ4v) is 2.38. The predicted molar refractivity (Wildman–Crippen MR) is 68.2 cm³/mol. The first kappa shape index (κ1) is 13.0. The molecule has 2 atom stereocenters. The summed E-state index contributed by atoms with van der Waals surface area (Å²) in [5.74, 6) is 1.02. The SMILES string of the molecule is CCCCCCCCNC1CC1CCC. The lowest BCUT2D eigenvalue weighted by Gasteiger charge is -2.03. The highest BCUT2D eigenvalue weighted by atomic mass is 15.0. The van der Waals surface area contributed by atoms with Crippen molar-refractivity contribution in [2.24, 2.45) is 5.92 Å². The van der Waals surface area contributed by atoms with E-state index < -0.39 is 0 Å². The topological polar surface area (TPSA) is 12.0 Å². The number of hydrogen-bond acceptors (Lipinski definition) is 1. The molecule has 1 N–H and O–H groups in total. The molecule has 2 unspecified atom stereocenters. The monoisotopic (exact) mass is 211 g/mol. The van der Waals surface area contributed by atoms with E-state index in [1.807, 2.05) is 0 Å². The lowest BCUT2D eigenvalue weighted by molar-refractivity contribution is 0.549. The first-order valence-corrected chi connectivity index (χ1v) is 7.11. The molecule has 0 aromatic heterocycles. The van der Waals surface area contributed by atoms with Gasteiger partial charge in [0.2, 0.25) is 0 Å². The molecular weight excluding hydrogens is 182 g/mol. The molecule has 0 aromatic rings. The second kappa shape index (κ2) is 8.15. The van der Waals surface area contributed by atoms with E-state index in [9.17, 15) is 0 Å². The van der Waals surface area contributed by atoms with E-state index in [-0.39, 0.29) is 0 Å². The second-order valence-corrected chi connectivity index (χ2v) is 5.11. The Bertz CT molecular complexity index is 144. The summed E-state index contributed by atoms with van der Waals surface area (Å²) < 4.78 is 0. The van der Waals surface area contributed by atoms with Crippen LogP contribution in [0.3, 0.4) is 0 Å². The van der Waals surface area contributed by atoms with Gasteiger partial charge in [-0.2, -0.15) is 0 Å². The molecular formula is C14H29N. The van der Waals surface area contributed by atoms with E-state index in [0.717, 1.165) is 12.0 Å². The first-order valence-electron chi connectivity index (χ1n) is 7.11. The third-order valence-electron chi connectivity index (χ3n) is 3.52. The predicted octanol–water partition coefficient (Wildman–Crippen LogP) is 4.13. The van der Waals surface area contributed by atoms with Crippen LogP contribution >= 0.6 is 0 Å². The fraction of sp³-hybridized carbons (Fsp3) is 1.00. The zero-order valence-corrected chi connectivity index (χ0v) is 10.7. The Morgan fingerprint density at radius 3 is 2.40 bits per heavy atom. The van der Waals surface area contributed by atoms with Gasteiger partial charge in [-0.3, -0.25) is 0 Å². The van der Waals surface area contributed by atoms with Gasteiger partial charge in [0.25, 0.3) is 0 Å². The van der Waals surface area contributed by atoms with E-state index in [4.69, 9.17) is 0 Å². The molecule has 0 spiro atoms. The number of nitrogens with one attached hydrogen (secondary N) is 1. The summed E-state index contributed by atoms with van der Waals surface area (Å²) in [6.07, 6.45) is 12.7. The molecule has 15 heavy (non-hydrogen) atoms. The van der Waals surface area contributed by atoms with Crippen LogP contribution in [0, 0.1) is 5.92 Å². The van der Waals surface area contributed by atoms with E-state index in [2.05, 4.69) is 19.2 Å². The van der Waals surface area contributed by atoms with E-state index in [1.54, 1.807) is 0 Å².